The van der Waals surface area contributed by atoms with Crippen molar-refractivity contribution in [3.8, 4) is 11.5 Å². The van der Waals surface area contributed by atoms with E-state index in [1.165, 1.54) is 7.11 Å². The normalized spacial score (nSPS) is 10.1. The van der Waals surface area contributed by atoms with Crippen LogP contribution >= 0.6 is 0 Å². The van der Waals surface area contributed by atoms with Gasteiger partial charge in [-0.3, -0.25) is 4.79 Å². The first kappa shape index (κ1) is 13.5. The summed E-state index contributed by atoms with van der Waals surface area (Å²) >= 11 is 0. The van der Waals surface area contributed by atoms with Crippen molar-refractivity contribution in [3.05, 3.63) is 23.3 Å². The van der Waals surface area contributed by atoms with E-state index in [1.807, 2.05) is 12.1 Å². The van der Waals surface area contributed by atoms with Gasteiger partial charge in [0.2, 0.25) is 0 Å². The maximum absolute atomic E-state index is 11.0. The molecule has 0 aliphatic carbocycles. The zero-order chi connectivity index (χ0) is 12.7. The van der Waals surface area contributed by atoms with Gasteiger partial charge >= 0.3 is 0 Å². The van der Waals surface area contributed by atoms with E-state index in [4.69, 9.17) is 15.2 Å². The molecule has 4 heteroatoms. The number of carbonyl (C=O) groups excluding carboxylic acids is 1. The molecule has 1 aromatic carbocycles. The lowest BCUT2D eigenvalue weighted by Gasteiger charge is -2.12. The quantitative estimate of drug-likeness (QED) is 0.580. The zero-order valence-electron chi connectivity index (χ0n) is 10.4. The number of methoxy groups -OCH3 is 2. The third-order valence-electron chi connectivity index (χ3n) is 2.61. The summed E-state index contributed by atoms with van der Waals surface area (Å²) in [5, 5.41) is 0. The minimum absolute atomic E-state index is 0.491. The van der Waals surface area contributed by atoms with Crippen molar-refractivity contribution in [2.45, 2.75) is 19.3 Å². The van der Waals surface area contributed by atoms with Gasteiger partial charge in [0.05, 0.1) is 19.8 Å². The number of ether oxygens (including phenoxy) is 2. The average molecular weight is 237 g/mol. The van der Waals surface area contributed by atoms with Crippen molar-refractivity contribution in [3.63, 3.8) is 0 Å². The summed E-state index contributed by atoms with van der Waals surface area (Å²) in [5.74, 6) is 1.09. The first-order valence-corrected chi connectivity index (χ1v) is 5.67. The van der Waals surface area contributed by atoms with Crippen LogP contribution in [0, 0.1) is 0 Å². The lowest BCUT2D eigenvalue weighted by Crippen LogP contribution is -2.01. The molecule has 0 saturated heterocycles. The van der Waals surface area contributed by atoms with Gasteiger partial charge in [0.15, 0.2) is 17.8 Å². The van der Waals surface area contributed by atoms with Crippen LogP contribution in [-0.4, -0.2) is 27.1 Å². The number of carbonyl (C=O) groups is 1. The molecule has 0 aromatic heterocycles. The first-order valence-electron chi connectivity index (χ1n) is 5.67. The molecule has 0 radical (unpaired) electrons. The fraction of sp³-hybridized carbons (Fsp3) is 0.462. The average Bonchev–Trinajstić information content (AvgIpc) is 2.37. The predicted molar refractivity (Wildman–Crippen MR) is 66.9 cm³/mol. The lowest BCUT2D eigenvalue weighted by atomic mass is 10.0. The Balaban J connectivity index is 2.96. The number of hydrogen-bond acceptors (Lipinski definition) is 4. The van der Waals surface area contributed by atoms with Crippen molar-refractivity contribution in [2.75, 3.05) is 20.8 Å². The Labute approximate surface area is 102 Å². The molecule has 4 nitrogen and oxygen atoms in total. The Kier molecular flexibility index (Phi) is 5.49. The minimum atomic E-state index is 0.491. The summed E-state index contributed by atoms with van der Waals surface area (Å²) in [4.78, 5) is 11.0. The van der Waals surface area contributed by atoms with Crippen LogP contribution in [0.4, 0.5) is 0 Å². The number of rotatable bonds is 7. The molecule has 17 heavy (non-hydrogen) atoms. The molecule has 0 bridgehead atoms. The van der Waals surface area contributed by atoms with E-state index in [2.05, 4.69) is 0 Å². The third kappa shape index (κ3) is 3.46. The van der Waals surface area contributed by atoms with Crippen LogP contribution in [0.1, 0.15) is 28.8 Å². The first-order chi connectivity index (χ1) is 8.26. The molecule has 1 rings (SSSR count). The van der Waals surface area contributed by atoms with Crippen LogP contribution in [0.2, 0.25) is 0 Å². The highest BCUT2D eigenvalue weighted by atomic mass is 16.5. The molecule has 94 valence electrons. The summed E-state index contributed by atoms with van der Waals surface area (Å²) < 4.78 is 10.4. The van der Waals surface area contributed by atoms with Gasteiger partial charge in [0.1, 0.15) is 0 Å². The lowest BCUT2D eigenvalue weighted by molar-refractivity contribution is 0.112. The SMILES string of the molecule is COc1cc(CCCCN)cc(C=O)c1OC. The summed E-state index contributed by atoms with van der Waals surface area (Å²) in [5.41, 5.74) is 7.04. The standard InChI is InChI=1S/C13H19NO3/c1-16-12-8-10(5-3-4-6-14)7-11(9-15)13(12)17-2/h7-9H,3-6,14H2,1-2H3. The fourth-order valence-corrected chi connectivity index (χ4v) is 1.76. The monoisotopic (exact) mass is 237 g/mol. The van der Waals surface area contributed by atoms with Gasteiger partial charge in [-0.25, -0.2) is 0 Å². The largest absolute Gasteiger partial charge is 0.493 e. The number of aryl methyl sites for hydroxylation is 1. The van der Waals surface area contributed by atoms with Gasteiger partial charge in [0.25, 0.3) is 0 Å². The highest BCUT2D eigenvalue weighted by Gasteiger charge is 2.11. The van der Waals surface area contributed by atoms with Gasteiger partial charge in [0, 0.05) is 0 Å². The molecule has 0 spiro atoms. The van der Waals surface area contributed by atoms with E-state index in [1.54, 1.807) is 7.11 Å². The molecular formula is C13H19NO3. The maximum atomic E-state index is 11.0. The Bertz CT molecular complexity index is 377. The van der Waals surface area contributed by atoms with Crippen LogP contribution < -0.4 is 15.2 Å². The second-order valence-corrected chi connectivity index (χ2v) is 3.78. The molecule has 0 unspecified atom stereocenters. The molecular weight excluding hydrogens is 218 g/mol. The topological polar surface area (TPSA) is 61.5 Å². The Morgan fingerprint density at radius 1 is 1.24 bits per heavy atom. The molecule has 0 fully saturated rings. The van der Waals surface area contributed by atoms with Crippen LogP contribution in [0.15, 0.2) is 12.1 Å². The number of nitrogens with two attached hydrogens (primary N) is 1. The van der Waals surface area contributed by atoms with Gasteiger partial charge in [-0.05, 0) is 43.5 Å². The zero-order valence-corrected chi connectivity index (χ0v) is 10.4. The van der Waals surface area contributed by atoms with Crippen LogP contribution in [0.3, 0.4) is 0 Å². The van der Waals surface area contributed by atoms with E-state index < -0.39 is 0 Å². The minimum Gasteiger partial charge on any atom is -0.493 e. The number of hydrogen-bond donors (Lipinski definition) is 1. The number of benzene rings is 1. The highest BCUT2D eigenvalue weighted by molar-refractivity contribution is 5.81. The molecule has 0 saturated carbocycles. The molecule has 0 heterocycles. The van der Waals surface area contributed by atoms with Crippen molar-refractivity contribution in [2.24, 2.45) is 5.73 Å². The van der Waals surface area contributed by atoms with E-state index in [0.29, 0.717) is 23.6 Å². The van der Waals surface area contributed by atoms with E-state index in [9.17, 15) is 4.79 Å². The van der Waals surface area contributed by atoms with Crippen molar-refractivity contribution >= 4 is 6.29 Å². The van der Waals surface area contributed by atoms with Crippen molar-refractivity contribution in [1.82, 2.24) is 0 Å². The smallest absolute Gasteiger partial charge is 0.171 e. The second kappa shape index (κ2) is 6.91. The van der Waals surface area contributed by atoms with Crippen molar-refractivity contribution in [1.29, 1.82) is 0 Å². The van der Waals surface area contributed by atoms with Crippen molar-refractivity contribution < 1.29 is 14.3 Å². The number of aldehydes is 1. The molecule has 2 N–H and O–H groups in total. The Hall–Kier alpha value is -1.55. The molecule has 0 amide bonds. The van der Waals surface area contributed by atoms with Gasteiger partial charge in [-0.2, -0.15) is 0 Å². The van der Waals surface area contributed by atoms with Gasteiger partial charge < -0.3 is 15.2 Å². The maximum Gasteiger partial charge on any atom is 0.171 e. The van der Waals surface area contributed by atoms with Crippen LogP contribution in [0.5, 0.6) is 11.5 Å². The third-order valence-corrected chi connectivity index (χ3v) is 2.61. The van der Waals surface area contributed by atoms with Gasteiger partial charge in [-0.15, -0.1) is 0 Å². The van der Waals surface area contributed by atoms with Crippen LogP contribution in [-0.2, 0) is 6.42 Å². The second-order valence-electron chi connectivity index (χ2n) is 3.78. The van der Waals surface area contributed by atoms with E-state index >= 15 is 0 Å². The molecule has 0 aliphatic rings. The fourth-order valence-electron chi connectivity index (χ4n) is 1.76. The van der Waals surface area contributed by atoms with Crippen LogP contribution in [0.25, 0.3) is 0 Å². The predicted octanol–water partition coefficient (Wildman–Crippen LogP) is 1.80. The molecule has 0 atom stereocenters. The summed E-state index contributed by atoms with van der Waals surface area (Å²) in [7, 11) is 3.09. The number of unbranched alkanes of at least 4 members (excludes halogenated alkanes) is 1. The molecule has 0 aliphatic heterocycles. The Morgan fingerprint density at radius 3 is 2.53 bits per heavy atom. The van der Waals surface area contributed by atoms with E-state index in [-0.39, 0.29) is 0 Å². The molecule has 1 aromatic rings. The summed E-state index contributed by atoms with van der Waals surface area (Å²) in [6, 6.07) is 3.74. The Morgan fingerprint density at radius 2 is 2.00 bits per heavy atom. The van der Waals surface area contributed by atoms with E-state index in [0.717, 1.165) is 31.1 Å². The highest BCUT2D eigenvalue weighted by Crippen LogP contribution is 2.32. The summed E-state index contributed by atoms with van der Waals surface area (Å²) in [6.45, 7) is 0.688. The van der Waals surface area contributed by atoms with Gasteiger partial charge in [-0.1, -0.05) is 0 Å². The summed E-state index contributed by atoms with van der Waals surface area (Å²) in [6.07, 6.45) is 3.65.